The average molecular weight is 349 g/mol. The first kappa shape index (κ1) is 16.2. The molecule has 0 radical (unpaired) electrons. The Morgan fingerprint density at radius 3 is 2.65 bits per heavy atom. The Morgan fingerprint density at radius 2 is 2.09 bits per heavy atom. The molecule has 0 aliphatic heterocycles. The molecule has 1 atom stereocenters. The van der Waals surface area contributed by atoms with E-state index in [2.05, 4.69) is 5.38 Å². The zero-order valence-electron chi connectivity index (χ0n) is 12.7. The van der Waals surface area contributed by atoms with Crippen molar-refractivity contribution in [3.05, 3.63) is 44.8 Å². The fourth-order valence-electron chi connectivity index (χ4n) is 2.72. The molecule has 0 saturated heterocycles. The SMILES string of the molecule is O=C(O)C[C@@H](CC(=O)N(Cc1ccsc1)C1CC1)c1cccs1. The number of thiophene rings is 2. The average Bonchev–Trinajstić information content (AvgIpc) is 3.02. The maximum Gasteiger partial charge on any atom is 0.304 e. The maximum atomic E-state index is 12.8. The molecule has 1 N–H and O–H groups in total. The van der Waals surface area contributed by atoms with Crippen molar-refractivity contribution in [2.75, 3.05) is 0 Å². The molecule has 1 fully saturated rings. The molecule has 0 spiro atoms. The predicted octanol–water partition coefficient (Wildman–Crippen LogP) is 3.95. The van der Waals surface area contributed by atoms with Crippen LogP contribution < -0.4 is 0 Å². The zero-order valence-corrected chi connectivity index (χ0v) is 14.3. The fourth-order valence-corrected chi connectivity index (χ4v) is 4.21. The van der Waals surface area contributed by atoms with Crippen molar-refractivity contribution < 1.29 is 14.7 Å². The second-order valence-corrected chi connectivity index (χ2v) is 7.66. The van der Waals surface area contributed by atoms with Crippen molar-refractivity contribution >= 4 is 34.6 Å². The van der Waals surface area contributed by atoms with Gasteiger partial charge in [0, 0.05) is 29.8 Å². The third-order valence-electron chi connectivity index (χ3n) is 4.03. The van der Waals surface area contributed by atoms with Crippen LogP contribution in [0.1, 0.15) is 42.0 Å². The van der Waals surface area contributed by atoms with Crippen molar-refractivity contribution in [2.24, 2.45) is 0 Å². The second kappa shape index (κ2) is 7.27. The molecular weight excluding hydrogens is 330 g/mol. The van der Waals surface area contributed by atoms with Gasteiger partial charge in [0.05, 0.1) is 6.42 Å². The molecule has 2 aromatic rings. The van der Waals surface area contributed by atoms with Crippen molar-refractivity contribution in [1.82, 2.24) is 4.90 Å². The summed E-state index contributed by atoms with van der Waals surface area (Å²) in [6.07, 6.45) is 2.38. The highest BCUT2D eigenvalue weighted by atomic mass is 32.1. The number of hydrogen-bond donors (Lipinski definition) is 1. The quantitative estimate of drug-likeness (QED) is 0.785. The van der Waals surface area contributed by atoms with Crippen LogP contribution in [0.5, 0.6) is 0 Å². The smallest absolute Gasteiger partial charge is 0.304 e. The Hall–Kier alpha value is -1.66. The van der Waals surface area contributed by atoms with Gasteiger partial charge in [0.2, 0.25) is 5.91 Å². The van der Waals surface area contributed by atoms with Gasteiger partial charge in [0.1, 0.15) is 0 Å². The standard InChI is InChI=1S/C17H19NO3S2/c19-16(8-13(9-17(20)21)15-2-1-6-23-15)18(14-3-4-14)10-12-5-7-22-11-12/h1-2,5-7,11,13-14H,3-4,8-10H2,(H,20,21)/t13-/m1/s1. The highest BCUT2D eigenvalue weighted by molar-refractivity contribution is 7.10. The minimum absolute atomic E-state index is 0.00319. The number of carbonyl (C=O) groups excluding carboxylic acids is 1. The Bertz CT molecular complexity index is 647. The Labute approximate surface area is 143 Å². The number of nitrogens with zero attached hydrogens (tertiary/aromatic N) is 1. The highest BCUT2D eigenvalue weighted by Crippen LogP contribution is 2.33. The van der Waals surface area contributed by atoms with Gasteiger partial charge in [-0.1, -0.05) is 6.07 Å². The Balaban J connectivity index is 1.69. The van der Waals surface area contributed by atoms with E-state index < -0.39 is 5.97 Å². The summed E-state index contributed by atoms with van der Waals surface area (Å²) in [6.45, 7) is 0.636. The van der Waals surface area contributed by atoms with Crippen LogP contribution in [-0.2, 0) is 16.1 Å². The van der Waals surface area contributed by atoms with E-state index in [1.54, 1.807) is 11.3 Å². The normalized spacial score (nSPS) is 15.3. The van der Waals surface area contributed by atoms with E-state index in [1.807, 2.05) is 33.9 Å². The lowest BCUT2D eigenvalue weighted by Crippen LogP contribution is -2.33. The van der Waals surface area contributed by atoms with Crippen molar-refractivity contribution in [3.8, 4) is 0 Å². The van der Waals surface area contributed by atoms with Crippen LogP contribution in [0.25, 0.3) is 0 Å². The van der Waals surface area contributed by atoms with Crippen LogP contribution in [0, 0.1) is 0 Å². The number of hydrogen-bond acceptors (Lipinski definition) is 4. The van der Waals surface area contributed by atoms with Gasteiger partial charge in [-0.25, -0.2) is 0 Å². The van der Waals surface area contributed by atoms with Gasteiger partial charge < -0.3 is 10.0 Å². The molecule has 2 aromatic heterocycles. The summed E-state index contributed by atoms with van der Waals surface area (Å²) in [5.41, 5.74) is 1.15. The van der Waals surface area contributed by atoms with E-state index in [-0.39, 0.29) is 24.7 Å². The summed E-state index contributed by atoms with van der Waals surface area (Å²) in [5, 5.41) is 15.2. The lowest BCUT2D eigenvalue weighted by atomic mass is 9.98. The molecule has 1 amide bonds. The van der Waals surface area contributed by atoms with Gasteiger partial charge in [0.25, 0.3) is 0 Å². The number of aliphatic carboxylic acids is 1. The van der Waals surface area contributed by atoms with Crippen molar-refractivity contribution in [2.45, 2.75) is 44.2 Å². The molecule has 4 nitrogen and oxygen atoms in total. The van der Waals surface area contributed by atoms with Crippen LogP contribution in [0.4, 0.5) is 0 Å². The molecule has 1 aliphatic carbocycles. The van der Waals surface area contributed by atoms with Crippen LogP contribution in [0.15, 0.2) is 34.3 Å². The topological polar surface area (TPSA) is 57.6 Å². The number of rotatable bonds is 8. The van der Waals surface area contributed by atoms with Crippen LogP contribution in [0.3, 0.4) is 0 Å². The number of amides is 1. The molecule has 6 heteroatoms. The van der Waals surface area contributed by atoms with Crippen LogP contribution in [0.2, 0.25) is 0 Å². The summed E-state index contributed by atoms with van der Waals surface area (Å²) >= 11 is 3.16. The monoisotopic (exact) mass is 349 g/mol. The molecule has 0 bridgehead atoms. The van der Waals surface area contributed by atoms with E-state index >= 15 is 0 Å². The molecular formula is C17H19NO3S2. The summed E-state index contributed by atoms with van der Waals surface area (Å²) in [5.74, 6) is -1.02. The predicted molar refractivity (Wildman–Crippen MR) is 91.8 cm³/mol. The van der Waals surface area contributed by atoms with Gasteiger partial charge in [-0.05, 0) is 46.7 Å². The van der Waals surface area contributed by atoms with E-state index in [9.17, 15) is 9.59 Å². The molecule has 122 valence electrons. The third-order valence-corrected chi connectivity index (χ3v) is 5.80. The lowest BCUT2D eigenvalue weighted by molar-refractivity contribution is -0.138. The molecule has 3 rings (SSSR count). The fraction of sp³-hybridized carbons (Fsp3) is 0.412. The first-order valence-corrected chi connectivity index (χ1v) is 9.51. The molecule has 2 heterocycles. The molecule has 0 unspecified atom stereocenters. The number of carboxylic acid groups (broad SMARTS) is 1. The van der Waals surface area contributed by atoms with Crippen LogP contribution in [-0.4, -0.2) is 27.9 Å². The van der Waals surface area contributed by atoms with Crippen LogP contribution >= 0.6 is 22.7 Å². The highest BCUT2D eigenvalue weighted by Gasteiger charge is 2.34. The van der Waals surface area contributed by atoms with E-state index in [1.165, 1.54) is 11.3 Å². The van der Waals surface area contributed by atoms with Gasteiger partial charge in [0.15, 0.2) is 0 Å². The van der Waals surface area contributed by atoms with Gasteiger partial charge in [-0.15, -0.1) is 11.3 Å². The van der Waals surface area contributed by atoms with E-state index in [0.717, 1.165) is 23.3 Å². The molecule has 23 heavy (non-hydrogen) atoms. The largest absolute Gasteiger partial charge is 0.481 e. The summed E-state index contributed by atoms with van der Waals surface area (Å²) in [7, 11) is 0. The van der Waals surface area contributed by atoms with Crippen molar-refractivity contribution in [3.63, 3.8) is 0 Å². The summed E-state index contributed by atoms with van der Waals surface area (Å²) in [4.78, 5) is 26.8. The van der Waals surface area contributed by atoms with Crippen molar-refractivity contribution in [1.29, 1.82) is 0 Å². The Kier molecular flexibility index (Phi) is 5.13. The summed E-state index contributed by atoms with van der Waals surface area (Å²) in [6, 6.07) is 6.20. The van der Waals surface area contributed by atoms with Gasteiger partial charge in [-0.3, -0.25) is 9.59 Å². The van der Waals surface area contributed by atoms with E-state index in [0.29, 0.717) is 12.6 Å². The van der Waals surface area contributed by atoms with E-state index in [4.69, 9.17) is 5.11 Å². The number of carboxylic acids is 1. The first-order valence-electron chi connectivity index (χ1n) is 7.69. The summed E-state index contributed by atoms with van der Waals surface area (Å²) < 4.78 is 0. The van der Waals surface area contributed by atoms with Gasteiger partial charge in [-0.2, -0.15) is 11.3 Å². The Morgan fingerprint density at radius 1 is 1.26 bits per heavy atom. The number of carbonyl (C=O) groups is 2. The minimum atomic E-state index is -0.855. The molecule has 0 aromatic carbocycles. The molecule has 1 aliphatic rings. The second-order valence-electron chi connectivity index (χ2n) is 5.90. The zero-order chi connectivity index (χ0) is 16.2. The maximum absolute atomic E-state index is 12.8. The minimum Gasteiger partial charge on any atom is -0.481 e. The molecule has 1 saturated carbocycles. The lowest BCUT2D eigenvalue weighted by Gasteiger charge is -2.24. The third kappa shape index (κ3) is 4.42. The van der Waals surface area contributed by atoms with Gasteiger partial charge >= 0.3 is 5.97 Å². The first-order chi connectivity index (χ1) is 11.1.